The van der Waals surface area contributed by atoms with E-state index >= 15 is 0 Å². The largest absolute Gasteiger partial charge is 0.491 e. The zero-order valence-corrected chi connectivity index (χ0v) is 14.2. The van der Waals surface area contributed by atoms with Crippen LogP contribution in [0.4, 0.5) is 5.69 Å². The van der Waals surface area contributed by atoms with Gasteiger partial charge in [0.15, 0.2) is 0 Å². The van der Waals surface area contributed by atoms with Crippen LogP contribution in [0.15, 0.2) is 30.9 Å². The molecule has 1 aliphatic rings. The lowest BCUT2D eigenvalue weighted by molar-refractivity contribution is 0.181. The molecule has 1 N–H and O–H groups in total. The van der Waals surface area contributed by atoms with Crippen molar-refractivity contribution in [2.45, 2.75) is 45.2 Å². The molecule has 124 valence electrons. The lowest BCUT2D eigenvalue weighted by Crippen LogP contribution is -2.21. The van der Waals surface area contributed by atoms with Crippen LogP contribution < -0.4 is 10.1 Å². The van der Waals surface area contributed by atoms with E-state index in [9.17, 15) is 0 Å². The molecule has 1 aromatic heterocycles. The fourth-order valence-electron chi connectivity index (χ4n) is 2.62. The number of rotatable bonds is 8. The van der Waals surface area contributed by atoms with Gasteiger partial charge >= 0.3 is 0 Å². The summed E-state index contributed by atoms with van der Waals surface area (Å²) in [5, 5.41) is 8.34. The van der Waals surface area contributed by atoms with Gasteiger partial charge in [0, 0.05) is 17.6 Å². The van der Waals surface area contributed by atoms with Gasteiger partial charge in [0.2, 0.25) is 0 Å². The first-order valence-electron chi connectivity index (χ1n) is 8.22. The molecular formula is C17H23ClN4O. The lowest BCUT2D eigenvalue weighted by Gasteiger charge is -2.26. The summed E-state index contributed by atoms with van der Waals surface area (Å²) in [7, 11) is 0. The molecule has 1 fully saturated rings. The molecule has 1 aliphatic carbocycles. The average molecular weight is 335 g/mol. The molecule has 5 nitrogen and oxygen atoms in total. The van der Waals surface area contributed by atoms with Gasteiger partial charge in [-0.05, 0) is 50.3 Å². The maximum absolute atomic E-state index is 6.14. The van der Waals surface area contributed by atoms with Gasteiger partial charge in [-0.15, -0.1) is 0 Å². The van der Waals surface area contributed by atoms with E-state index in [0.29, 0.717) is 10.9 Å². The molecular weight excluding hydrogens is 312 g/mol. The number of anilines is 1. The monoisotopic (exact) mass is 334 g/mol. The molecule has 0 saturated heterocycles. The van der Waals surface area contributed by atoms with E-state index in [2.05, 4.69) is 22.3 Å². The first-order valence-corrected chi connectivity index (χ1v) is 8.60. The molecule has 1 aromatic carbocycles. The van der Waals surface area contributed by atoms with Crippen molar-refractivity contribution in [2.75, 3.05) is 11.9 Å². The number of hydrogen-bond donors (Lipinski definition) is 1. The van der Waals surface area contributed by atoms with Gasteiger partial charge in [0.05, 0.1) is 12.3 Å². The van der Waals surface area contributed by atoms with Crippen LogP contribution in [0, 0.1) is 5.92 Å². The topological polar surface area (TPSA) is 52.0 Å². The van der Waals surface area contributed by atoms with Crippen molar-refractivity contribution in [2.24, 2.45) is 5.92 Å². The second-order valence-corrected chi connectivity index (χ2v) is 6.68. The molecule has 3 rings (SSSR count). The molecule has 2 aromatic rings. The summed E-state index contributed by atoms with van der Waals surface area (Å²) in [6.45, 7) is 3.77. The van der Waals surface area contributed by atoms with Crippen molar-refractivity contribution < 1.29 is 4.74 Å². The van der Waals surface area contributed by atoms with E-state index < -0.39 is 0 Å². The predicted octanol–water partition coefficient (Wildman–Crippen LogP) is 4.00. The lowest BCUT2D eigenvalue weighted by atomic mass is 9.86. The number of halogens is 1. The normalized spacial score (nSPS) is 15.9. The van der Waals surface area contributed by atoms with Crippen LogP contribution >= 0.6 is 11.6 Å². The van der Waals surface area contributed by atoms with Crippen LogP contribution in [-0.4, -0.2) is 27.4 Å². The zero-order valence-electron chi connectivity index (χ0n) is 13.4. The van der Waals surface area contributed by atoms with Crippen molar-refractivity contribution in [1.29, 1.82) is 0 Å². The van der Waals surface area contributed by atoms with Gasteiger partial charge in [0.1, 0.15) is 18.4 Å². The predicted molar refractivity (Wildman–Crippen MR) is 92.0 cm³/mol. The first-order chi connectivity index (χ1) is 11.2. The third kappa shape index (κ3) is 4.61. The van der Waals surface area contributed by atoms with Crippen LogP contribution in [0.25, 0.3) is 0 Å². The SMILES string of the molecule is CC(CCn1cncn1)Nc1cc(Cl)ccc1OCC1CCC1. The van der Waals surface area contributed by atoms with E-state index in [0.717, 1.165) is 31.0 Å². The maximum atomic E-state index is 6.14. The fourth-order valence-corrected chi connectivity index (χ4v) is 2.79. The smallest absolute Gasteiger partial charge is 0.142 e. The molecule has 0 spiro atoms. The van der Waals surface area contributed by atoms with E-state index in [-0.39, 0.29) is 6.04 Å². The van der Waals surface area contributed by atoms with Gasteiger partial charge in [-0.2, -0.15) is 5.10 Å². The second kappa shape index (κ2) is 7.68. The third-order valence-electron chi connectivity index (χ3n) is 4.30. The molecule has 1 heterocycles. The minimum absolute atomic E-state index is 0.281. The summed E-state index contributed by atoms with van der Waals surface area (Å²) in [5.74, 6) is 1.59. The van der Waals surface area contributed by atoms with E-state index in [1.54, 1.807) is 12.7 Å². The second-order valence-electron chi connectivity index (χ2n) is 6.24. The molecule has 23 heavy (non-hydrogen) atoms. The van der Waals surface area contributed by atoms with Crippen molar-refractivity contribution in [3.8, 4) is 5.75 Å². The van der Waals surface area contributed by atoms with Gasteiger partial charge in [-0.25, -0.2) is 4.98 Å². The highest BCUT2D eigenvalue weighted by Gasteiger charge is 2.19. The Labute approximate surface area is 142 Å². The average Bonchev–Trinajstić information content (AvgIpc) is 2.99. The molecule has 0 radical (unpaired) electrons. The van der Waals surface area contributed by atoms with Crippen molar-refractivity contribution in [1.82, 2.24) is 14.8 Å². The molecule has 1 atom stereocenters. The Bertz CT molecular complexity index is 613. The Hall–Kier alpha value is -1.75. The maximum Gasteiger partial charge on any atom is 0.142 e. The Kier molecular flexibility index (Phi) is 5.39. The number of benzene rings is 1. The van der Waals surface area contributed by atoms with Crippen LogP contribution in [0.2, 0.25) is 5.02 Å². The van der Waals surface area contributed by atoms with Crippen LogP contribution in [0.1, 0.15) is 32.6 Å². The van der Waals surface area contributed by atoms with E-state index in [1.165, 1.54) is 19.3 Å². The first kappa shape index (κ1) is 16.1. The number of nitrogens with zero attached hydrogens (tertiary/aromatic N) is 3. The zero-order chi connectivity index (χ0) is 16.1. The highest BCUT2D eigenvalue weighted by Crippen LogP contribution is 2.32. The summed E-state index contributed by atoms with van der Waals surface area (Å²) in [4.78, 5) is 3.96. The summed E-state index contributed by atoms with van der Waals surface area (Å²) in [6, 6.07) is 6.05. The highest BCUT2D eigenvalue weighted by atomic mass is 35.5. The molecule has 6 heteroatoms. The fraction of sp³-hybridized carbons (Fsp3) is 0.529. The molecule has 1 saturated carbocycles. The van der Waals surface area contributed by atoms with Crippen LogP contribution in [-0.2, 0) is 6.54 Å². The Morgan fingerprint density at radius 2 is 2.30 bits per heavy atom. The number of aryl methyl sites for hydroxylation is 1. The summed E-state index contributed by atoms with van der Waals surface area (Å²) < 4.78 is 7.84. The Balaban J connectivity index is 1.56. The molecule has 0 aliphatic heterocycles. The van der Waals surface area contributed by atoms with Gasteiger partial charge in [-0.3, -0.25) is 4.68 Å². The van der Waals surface area contributed by atoms with E-state index in [1.807, 2.05) is 22.9 Å². The summed E-state index contributed by atoms with van der Waals surface area (Å²) in [6.07, 6.45) is 8.13. The minimum Gasteiger partial charge on any atom is -0.491 e. The van der Waals surface area contributed by atoms with Crippen LogP contribution in [0.3, 0.4) is 0 Å². The molecule has 0 bridgehead atoms. The van der Waals surface area contributed by atoms with Crippen molar-refractivity contribution >= 4 is 17.3 Å². The summed E-state index contributed by atoms with van der Waals surface area (Å²) >= 11 is 6.14. The number of ether oxygens (including phenoxy) is 1. The third-order valence-corrected chi connectivity index (χ3v) is 4.54. The molecule has 1 unspecified atom stereocenters. The van der Waals surface area contributed by atoms with Gasteiger partial charge in [0.25, 0.3) is 0 Å². The summed E-state index contributed by atoms with van der Waals surface area (Å²) in [5.41, 5.74) is 0.961. The van der Waals surface area contributed by atoms with E-state index in [4.69, 9.17) is 16.3 Å². The number of aromatic nitrogens is 3. The van der Waals surface area contributed by atoms with Gasteiger partial charge < -0.3 is 10.1 Å². The van der Waals surface area contributed by atoms with Gasteiger partial charge in [-0.1, -0.05) is 18.0 Å². The number of hydrogen-bond acceptors (Lipinski definition) is 4. The van der Waals surface area contributed by atoms with Crippen molar-refractivity contribution in [3.05, 3.63) is 35.9 Å². The Morgan fingerprint density at radius 1 is 1.43 bits per heavy atom. The van der Waals surface area contributed by atoms with Crippen LogP contribution in [0.5, 0.6) is 5.75 Å². The standard InChI is InChI=1S/C17H23ClN4O/c1-13(7-8-22-12-19-11-20-22)21-16-9-15(18)5-6-17(16)23-10-14-3-2-4-14/h5-6,9,11-14,21H,2-4,7-8,10H2,1H3. The number of nitrogens with one attached hydrogen (secondary N) is 1. The highest BCUT2D eigenvalue weighted by molar-refractivity contribution is 6.30. The minimum atomic E-state index is 0.281. The van der Waals surface area contributed by atoms with Crippen molar-refractivity contribution in [3.63, 3.8) is 0 Å². The Morgan fingerprint density at radius 3 is 3.00 bits per heavy atom. The quantitative estimate of drug-likeness (QED) is 0.792. The molecule has 0 amide bonds.